The Kier molecular flexibility index (Phi) is 6.21. The minimum atomic E-state index is -1.28. The minimum Gasteiger partial charge on any atom is -0.350 e. The molecular weight excluding hydrogens is 420 g/mol. The Labute approximate surface area is 171 Å². The van der Waals surface area contributed by atoms with Gasteiger partial charge in [0.25, 0.3) is 11.5 Å². The van der Waals surface area contributed by atoms with Crippen molar-refractivity contribution in [1.82, 2.24) is 9.88 Å². The average Bonchev–Trinajstić information content (AvgIpc) is 2.69. The summed E-state index contributed by atoms with van der Waals surface area (Å²) >= 11 is 3.33. The van der Waals surface area contributed by atoms with Crippen molar-refractivity contribution >= 4 is 27.6 Å². The zero-order chi connectivity index (χ0) is 20.1. The number of hydrogen-bond donors (Lipinski definition) is 1. The third-order valence-electron chi connectivity index (χ3n) is 4.34. The third-order valence-corrected chi connectivity index (χ3v) is 4.87. The Morgan fingerprint density at radius 2 is 1.68 bits per heavy atom. The number of benzene rings is 2. The maximum atomic E-state index is 13.1. The molecule has 6 heteroatoms. The average molecular weight is 439 g/mol. The number of aryl methyl sites for hydroxylation is 1. The number of halogens is 1. The maximum Gasteiger partial charge on any atom is 0.251 e. The number of nitrogens with one attached hydrogen (secondary N) is 1. The number of Topliss-reactive ketones (excluding diaryl/α,β-unsaturated/α-hetero) is 1. The molecule has 1 amide bonds. The highest BCUT2D eigenvalue weighted by atomic mass is 79.9. The van der Waals surface area contributed by atoms with E-state index in [2.05, 4.69) is 21.2 Å². The molecule has 0 bridgehead atoms. The van der Waals surface area contributed by atoms with Crippen LogP contribution in [0.1, 0.15) is 27.5 Å². The molecule has 28 heavy (non-hydrogen) atoms. The summed E-state index contributed by atoms with van der Waals surface area (Å²) in [5, 5.41) is 2.78. The fourth-order valence-electron chi connectivity index (χ4n) is 2.79. The molecule has 0 saturated heterocycles. The van der Waals surface area contributed by atoms with Crippen molar-refractivity contribution in [2.75, 3.05) is 0 Å². The highest BCUT2D eigenvalue weighted by Gasteiger charge is 2.29. The summed E-state index contributed by atoms with van der Waals surface area (Å²) in [5.74, 6) is -0.969. The van der Waals surface area contributed by atoms with Gasteiger partial charge >= 0.3 is 0 Å². The molecule has 5 nitrogen and oxygen atoms in total. The number of nitrogens with zero attached hydrogens (tertiary/aromatic N) is 1. The highest BCUT2D eigenvalue weighted by molar-refractivity contribution is 9.10. The van der Waals surface area contributed by atoms with Crippen molar-refractivity contribution in [3.8, 4) is 0 Å². The second-order valence-corrected chi connectivity index (χ2v) is 7.34. The molecular formula is C22H19BrN2O3. The predicted octanol–water partition coefficient (Wildman–Crippen LogP) is 3.66. The summed E-state index contributed by atoms with van der Waals surface area (Å²) in [6.07, 6.45) is 1.45. The molecule has 0 aliphatic carbocycles. The maximum absolute atomic E-state index is 13.1. The molecule has 0 spiro atoms. The van der Waals surface area contributed by atoms with Crippen LogP contribution in [0, 0.1) is 6.92 Å². The van der Waals surface area contributed by atoms with E-state index in [0.717, 1.165) is 20.2 Å². The van der Waals surface area contributed by atoms with E-state index in [1.807, 2.05) is 31.2 Å². The lowest BCUT2D eigenvalue weighted by Crippen LogP contribution is -2.41. The molecule has 0 aliphatic heterocycles. The van der Waals surface area contributed by atoms with Gasteiger partial charge < -0.3 is 5.32 Å². The van der Waals surface area contributed by atoms with Crippen molar-refractivity contribution in [2.24, 2.45) is 0 Å². The van der Waals surface area contributed by atoms with Crippen LogP contribution >= 0.6 is 15.9 Å². The van der Waals surface area contributed by atoms with Gasteiger partial charge in [-0.2, -0.15) is 0 Å². The Balaban J connectivity index is 1.89. The van der Waals surface area contributed by atoms with Crippen molar-refractivity contribution < 1.29 is 9.59 Å². The van der Waals surface area contributed by atoms with Crippen LogP contribution in [0.3, 0.4) is 0 Å². The first kappa shape index (κ1) is 19.8. The molecule has 1 N–H and O–H groups in total. The van der Waals surface area contributed by atoms with Gasteiger partial charge in [0, 0.05) is 28.8 Å². The van der Waals surface area contributed by atoms with Crippen LogP contribution in [0.25, 0.3) is 0 Å². The first-order valence-electron chi connectivity index (χ1n) is 8.76. The Morgan fingerprint density at radius 1 is 1.00 bits per heavy atom. The van der Waals surface area contributed by atoms with Gasteiger partial charge in [-0.1, -0.05) is 64.0 Å². The fraction of sp³-hybridized carbons (Fsp3) is 0.136. The van der Waals surface area contributed by atoms with E-state index in [9.17, 15) is 14.4 Å². The molecule has 3 rings (SSSR count). The van der Waals surface area contributed by atoms with Gasteiger partial charge in [0.05, 0.1) is 0 Å². The molecule has 3 aromatic rings. The Hall–Kier alpha value is -2.99. The summed E-state index contributed by atoms with van der Waals surface area (Å²) in [7, 11) is 0. The van der Waals surface area contributed by atoms with Crippen LogP contribution < -0.4 is 10.9 Å². The van der Waals surface area contributed by atoms with Gasteiger partial charge in [-0.25, -0.2) is 0 Å². The summed E-state index contributed by atoms with van der Waals surface area (Å²) < 4.78 is 1.98. The molecule has 0 unspecified atom stereocenters. The molecule has 0 fully saturated rings. The van der Waals surface area contributed by atoms with Crippen molar-refractivity contribution in [3.63, 3.8) is 0 Å². The van der Waals surface area contributed by atoms with Gasteiger partial charge in [0.15, 0.2) is 11.8 Å². The van der Waals surface area contributed by atoms with Gasteiger partial charge in [-0.3, -0.25) is 19.0 Å². The predicted molar refractivity (Wildman–Crippen MR) is 111 cm³/mol. The van der Waals surface area contributed by atoms with Crippen molar-refractivity contribution in [1.29, 1.82) is 0 Å². The molecule has 142 valence electrons. The Bertz CT molecular complexity index is 1040. The number of hydrogen-bond acceptors (Lipinski definition) is 3. The van der Waals surface area contributed by atoms with E-state index in [0.29, 0.717) is 5.56 Å². The quantitative estimate of drug-likeness (QED) is 0.471. The normalized spacial score (nSPS) is 11.6. The molecule has 2 aromatic carbocycles. The van der Waals surface area contributed by atoms with Crippen molar-refractivity contribution in [3.05, 3.63) is 104 Å². The minimum absolute atomic E-state index is 0.269. The monoisotopic (exact) mass is 438 g/mol. The zero-order valence-electron chi connectivity index (χ0n) is 15.3. The van der Waals surface area contributed by atoms with Crippen LogP contribution in [0.4, 0.5) is 0 Å². The molecule has 1 atom stereocenters. The van der Waals surface area contributed by atoms with E-state index >= 15 is 0 Å². The number of carbonyl (C=O) groups excluding carboxylic acids is 2. The second-order valence-electron chi connectivity index (χ2n) is 6.42. The number of rotatable bonds is 6. The highest BCUT2D eigenvalue weighted by Crippen LogP contribution is 2.17. The van der Waals surface area contributed by atoms with Crippen LogP contribution in [0.15, 0.2) is 82.2 Å². The van der Waals surface area contributed by atoms with Crippen molar-refractivity contribution in [2.45, 2.75) is 19.5 Å². The molecule has 0 radical (unpaired) electrons. The summed E-state index contributed by atoms with van der Waals surface area (Å²) in [5.41, 5.74) is 1.97. The summed E-state index contributed by atoms with van der Waals surface area (Å²) in [6.45, 7) is 2.25. The smallest absolute Gasteiger partial charge is 0.251 e. The third kappa shape index (κ3) is 4.64. The fourth-order valence-corrected chi connectivity index (χ4v) is 3.05. The van der Waals surface area contributed by atoms with Gasteiger partial charge in [-0.05, 0) is 30.7 Å². The molecule has 1 aromatic heterocycles. The van der Waals surface area contributed by atoms with Crippen LogP contribution in [-0.2, 0) is 11.3 Å². The van der Waals surface area contributed by atoms with Crippen LogP contribution in [-0.4, -0.2) is 16.3 Å². The van der Waals surface area contributed by atoms with Crippen LogP contribution in [0.2, 0.25) is 0 Å². The number of pyridine rings is 1. The van der Waals surface area contributed by atoms with Crippen LogP contribution in [0.5, 0.6) is 0 Å². The van der Waals surface area contributed by atoms with E-state index in [1.165, 1.54) is 12.3 Å². The molecule has 0 aliphatic rings. The van der Waals surface area contributed by atoms with E-state index in [-0.39, 0.29) is 6.54 Å². The van der Waals surface area contributed by atoms with E-state index in [1.54, 1.807) is 36.4 Å². The SMILES string of the molecule is Cc1ccc(CNC(=O)[C@@H](C(=O)c2ccc(Br)cc2)n2ccccc2=O)cc1. The van der Waals surface area contributed by atoms with Gasteiger partial charge in [0.2, 0.25) is 0 Å². The van der Waals surface area contributed by atoms with E-state index < -0.39 is 23.3 Å². The number of carbonyl (C=O) groups is 2. The summed E-state index contributed by atoms with van der Waals surface area (Å²) in [4.78, 5) is 38.3. The second kappa shape index (κ2) is 8.80. The lowest BCUT2D eigenvalue weighted by Gasteiger charge is -2.18. The summed E-state index contributed by atoms with van der Waals surface area (Å²) in [6, 6.07) is 17.7. The number of amides is 1. The zero-order valence-corrected chi connectivity index (χ0v) is 16.8. The number of aromatic nitrogens is 1. The largest absolute Gasteiger partial charge is 0.350 e. The van der Waals surface area contributed by atoms with E-state index in [4.69, 9.17) is 0 Å². The Morgan fingerprint density at radius 3 is 2.32 bits per heavy atom. The molecule has 0 saturated carbocycles. The lowest BCUT2D eigenvalue weighted by atomic mass is 10.0. The van der Waals surface area contributed by atoms with Gasteiger partial charge in [-0.15, -0.1) is 0 Å². The lowest BCUT2D eigenvalue weighted by molar-refractivity contribution is -0.123. The first-order chi connectivity index (χ1) is 13.5. The van der Waals surface area contributed by atoms with Gasteiger partial charge in [0.1, 0.15) is 0 Å². The molecule has 1 heterocycles. The number of ketones is 1. The first-order valence-corrected chi connectivity index (χ1v) is 9.55. The topological polar surface area (TPSA) is 68.2 Å². The standard InChI is InChI=1S/C22H19BrN2O3/c1-15-5-7-16(8-6-15)14-24-22(28)20(25-13-3-2-4-19(25)26)21(27)17-9-11-18(23)12-10-17/h2-13,20H,14H2,1H3,(H,24,28)/t20-/m1/s1.